The van der Waals surface area contributed by atoms with Gasteiger partial charge < -0.3 is 5.32 Å². The fourth-order valence-electron chi connectivity index (χ4n) is 2.55. The van der Waals surface area contributed by atoms with E-state index in [0.717, 1.165) is 5.56 Å². The highest BCUT2D eigenvalue weighted by Gasteiger charge is 2.07. The second-order valence-electron chi connectivity index (χ2n) is 5.39. The van der Waals surface area contributed by atoms with E-state index in [1.165, 1.54) is 10.8 Å². The number of hydrogen-bond acceptors (Lipinski definition) is 2. The van der Waals surface area contributed by atoms with Gasteiger partial charge in [0.1, 0.15) is 6.07 Å². The van der Waals surface area contributed by atoms with Crippen molar-refractivity contribution in [3.05, 3.63) is 77.9 Å². The van der Waals surface area contributed by atoms with Crippen molar-refractivity contribution in [2.75, 3.05) is 5.32 Å². The lowest BCUT2D eigenvalue weighted by Gasteiger charge is -2.07. The van der Waals surface area contributed by atoms with Crippen LogP contribution in [0.1, 0.15) is 17.5 Å². The summed E-state index contributed by atoms with van der Waals surface area (Å²) in [7, 11) is 0. The number of nitriles is 1. The molecule has 0 radical (unpaired) electrons. The topological polar surface area (TPSA) is 52.9 Å². The molecule has 1 amide bonds. The zero-order valence-electron chi connectivity index (χ0n) is 12.6. The number of anilines is 1. The van der Waals surface area contributed by atoms with Crippen molar-refractivity contribution in [3.8, 4) is 6.07 Å². The highest BCUT2D eigenvalue weighted by atomic mass is 16.1. The quantitative estimate of drug-likeness (QED) is 0.781. The molecule has 3 aromatic carbocycles. The Balaban J connectivity index is 1.65. The number of hydrogen-bond donors (Lipinski definition) is 1. The van der Waals surface area contributed by atoms with Gasteiger partial charge in [0.05, 0.1) is 11.3 Å². The van der Waals surface area contributed by atoms with E-state index < -0.39 is 0 Å². The van der Waals surface area contributed by atoms with Gasteiger partial charge in [-0.25, -0.2) is 0 Å². The average Bonchev–Trinajstić information content (AvgIpc) is 2.60. The van der Waals surface area contributed by atoms with Gasteiger partial charge >= 0.3 is 0 Å². The summed E-state index contributed by atoms with van der Waals surface area (Å²) >= 11 is 0. The number of fused-ring (bicyclic) bond motifs is 1. The van der Waals surface area contributed by atoms with Crippen molar-refractivity contribution in [3.63, 3.8) is 0 Å². The van der Waals surface area contributed by atoms with Crippen LogP contribution in [0, 0.1) is 11.3 Å². The Morgan fingerprint density at radius 2 is 1.70 bits per heavy atom. The highest BCUT2D eigenvalue weighted by molar-refractivity contribution is 5.92. The molecular formula is C20H16N2O. The van der Waals surface area contributed by atoms with Gasteiger partial charge in [0.2, 0.25) is 5.91 Å². The lowest BCUT2D eigenvalue weighted by Crippen LogP contribution is -2.13. The van der Waals surface area contributed by atoms with Crippen molar-refractivity contribution in [2.24, 2.45) is 0 Å². The molecule has 3 aromatic rings. The van der Waals surface area contributed by atoms with Crippen LogP contribution in [0.2, 0.25) is 0 Å². The van der Waals surface area contributed by atoms with E-state index >= 15 is 0 Å². The van der Waals surface area contributed by atoms with Gasteiger partial charge in [0.15, 0.2) is 0 Å². The average molecular weight is 300 g/mol. The van der Waals surface area contributed by atoms with E-state index in [2.05, 4.69) is 41.7 Å². The standard InChI is InChI=1S/C20H16N2O/c21-14-18-7-3-4-8-19(18)22-20(23)12-10-15-9-11-16-5-1-2-6-17(16)13-15/h1-9,11,13H,10,12H2,(H,22,23). The van der Waals surface area contributed by atoms with Gasteiger partial charge in [-0.1, -0.05) is 54.6 Å². The van der Waals surface area contributed by atoms with Crippen molar-refractivity contribution >= 4 is 22.4 Å². The van der Waals surface area contributed by atoms with E-state index in [1.807, 2.05) is 12.1 Å². The van der Waals surface area contributed by atoms with Gasteiger partial charge in [-0.05, 0) is 34.9 Å². The molecule has 0 atom stereocenters. The first kappa shape index (κ1) is 14.8. The molecule has 0 saturated heterocycles. The van der Waals surface area contributed by atoms with Crippen molar-refractivity contribution in [1.82, 2.24) is 0 Å². The van der Waals surface area contributed by atoms with Gasteiger partial charge in [-0.15, -0.1) is 0 Å². The highest BCUT2D eigenvalue weighted by Crippen LogP contribution is 2.17. The van der Waals surface area contributed by atoms with Crippen LogP contribution in [0.25, 0.3) is 10.8 Å². The van der Waals surface area contributed by atoms with Crippen molar-refractivity contribution in [2.45, 2.75) is 12.8 Å². The van der Waals surface area contributed by atoms with Crippen LogP contribution in [-0.4, -0.2) is 5.91 Å². The molecule has 23 heavy (non-hydrogen) atoms. The molecule has 3 nitrogen and oxygen atoms in total. The summed E-state index contributed by atoms with van der Waals surface area (Å²) in [6.45, 7) is 0. The minimum atomic E-state index is -0.0825. The Hall–Kier alpha value is -3.12. The Labute approximate surface area is 135 Å². The third-order valence-electron chi connectivity index (χ3n) is 3.78. The van der Waals surface area contributed by atoms with E-state index in [1.54, 1.807) is 24.3 Å². The molecule has 1 N–H and O–H groups in total. The summed E-state index contributed by atoms with van der Waals surface area (Å²) < 4.78 is 0. The second kappa shape index (κ2) is 6.76. The maximum Gasteiger partial charge on any atom is 0.224 e. The maximum absolute atomic E-state index is 12.1. The second-order valence-corrected chi connectivity index (χ2v) is 5.39. The summed E-state index contributed by atoms with van der Waals surface area (Å²) in [6.07, 6.45) is 1.06. The van der Waals surface area contributed by atoms with Crippen molar-refractivity contribution in [1.29, 1.82) is 5.26 Å². The minimum absolute atomic E-state index is 0.0825. The predicted molar refractivity (Wildman–Crippen MR) is 92.1 cm³/mol. The van der Waals surface area contributed by atoms with Crippen LogP contribution in [0.5, 0.6) is 0 Å². The molecule has 112 valence electrons. The van der Waals surface area contributed by atoms with Gasteiger partial charge in [-0.2, -0.15) is 5.26 Å². The number of nitrogens with one attached hydrogen (secondary N) is 1. The molecule has 0 aliphatic rings. The minimum Gasteiger partial charge on any atom is -0.325 e. The zero-order valence-corrected chi connectivity index (χ0v) is 12.6. The SMILES string of the molecule is N#Cc1ccccc1NC(=O)CCc1ccc2ccccc2c1. The molecule has 0 heterocycles. The lowest BCUT2D eigenvalue weighted by atomic mass is 10.0. The van der Waals surface area contributed by atoms with Gasteiger partial charge in [0.25, 0.3) is 0 Å². The first-order valence-electron chi connectivity index (χ1n) is 7.53. The van der Waals surface area contributed by atoms with Crippen LogP contribution in [-0.2, 0) is 11.2 Å². The Morgan fingerprint density at radius 1 is 0.957 bits per heavy atom. The molecule has 0 aliphatic carbocycles. The van der Waals surface area contributed by atoms with Crippen LogP contribution < -0.4 is 5.32 Å². The number of carbonyl (C=O) groups is 1. The maximum atomic E-state index is 12.1. The number of amides is 1. The molecular weight excluding hydrogens is 284 g/mol. The van der Waals surface area contributed by atoms with Crippen molar-refractivity contribution < 1.29 is 4.79 Å². The molecule has 0 spiro atoms. The Kier molecular flexibility index (Phi) is 4.35. The van der Waals surface area contributed by atoms with Crippen LogP contribution in [0.3, 0.4) is 0 Å². The third kappa shape index (κ3) is 3.56. The molecule has 0 bridgehead atoms. The number of para-hydroxylation sites is 1. The Morgan fingerprint density at radius 3 is 2.52 bits per heavy atom. The summed E-state index contributed by atoms with van der Waals surface area (Å²) in [5, 5.41) is 14.2. The van der Waals surface area contributed by atoms with E-state index in [-0.39, 0.29) is 5.91 Å². The molecule has 3 heteroatoms. The van der Waals surface area contributed by atoms with Crippen LogP contribution in [0.15, 0.2) is 66.7 Å². The fourth-order valence-corrected chi connectivity index (χ4v) is 2.55. The van der Waals surface area contributed by atoms with Gasteiger partial charge in [0, 0.05) is 6.42 Å². The molecule has 0 aromatic heterocycles. The number of carbonyl (C=O) groups excluding carboxylic acids is 1. The summed E-state index contributed by atoms with van der Waals surface area (Å²) in [6, 6.07) is 23.5. The van der Waals surface area contributed by atoms with E-state index in [9.17, 15) is 4.79 Å². The molecule has 0 fully saturated rings. The number of aryl methyl sites for hydroxylation is 1. The summed E-state index contributed by atoms with van der Waals surface area (Å²) in [4.78, 5) is 12.1. The smallest absolute Gasteiger partial charge is 0.224 e. The predicted octanol–water partition coefficient (Wildman–Crippen LogP) is 4.28. The van der Waals surface area contributed by atoms with E-state index in [4.69, 9.17) is 5.26 Å². The lowest BCUT2D eigenvalue weighted by molar-refractivity contribution is -0.116. The first-order valence-corrected chi connectivity index (χ1v) is 7.53. The van der Waals surface area contributed by atoms with Crippen LogP contribution >= 0.6 is 0 Å². The first-order chi connectivity index (χ1) is 11.3. The Bertz CT molecular complexity index is 893. The largest absolute Gasteiger partial charge is 0.325 e. The number of nitrogens with zero attached hydrogens (tertiary/aromatic N) is 1. The molecule has 0 unspecified atom stereocenters. The molecule has 0 saturated carbocycles. The molecule has 0 aliphatic heterocycles. The molecule has 3 rings (SSSR count). The monoisotopic (exact) mass is 300 g/mol. The zero-order chi connectivity index (χ0) is 16.1. The summed E-state index contributed by atoms with van der Waals surface area (Å²) in [5.41, 5.74) is 2.18. The van der Waals surface area contributed by atoms with Gasteiger partial charge in [-0.3, -0.25) is 4.79 Å². The normalized spacial score (nSPS) is 10.2. The van der Waals surface area contributed by atoms with E-state index in [0.29, 0.717) is 24.1 Å². The number of benzene rings is 3. The fraction of sp³-hybridized carbons (Fsp3) is 0.100. The summed E-state index contributed by atoms with van der Waals surface area (Å²) in [5.74, 6) is -0.0825. The van der Waals surface area contributed by atoms with Crippen LogP contribution in [0.4, 0.5) is 5.69 Å². The third-order valence-corrected chi connectivity index (χ3v) is 3.78. The number of rotatable bonds is 4.